The highest BCUT2D eigenvalue weighted by Crippen LogP contribution is 2.32. The minimum atomic E-state index is -0.420. The summed E-state index contributed by atoms with van der Waals surface area (Å²) < 4.78 is 5.78. The van der Waals surface area contributed by atoms with E-state index in [4.69, 9.17) is 27.9 Å². The molecule has 0 aliphatic rings. The fourth-order valence-corrected chi connectivity index (χ4v) is 2.90. The van der Waals surface area contributed by atoms with E-state index in [0.29, 0.717) is 23.5 Å². The summed E-state index contributed by atoms with van der Waals surface area (Å²) in [6, 6.07) is 19.5. The lowest BCUT2D eigenvalue weighted by atomic mass is 10.2. The van der Waals surface area contributed by atoms with Crippen LogP contribution in [0.15, 0.2) is 71.8 Å². The van der Waals surface area contributed by atoms with Gasteiger partial charge < -0.3 is 9.84 Å². The van der Waals surface area contributed by atoms with Crippen molar-refractivity contribution in [2.45, 2.75) is 6.61 Å². The fourth-order valence-electron chi connectivity index (χ4n) is 2.40. The normalized spacial score (nSPS) is 10.8. The molecule has 0 aliphatic carbocycles. The van der Waals surface area contributed by atoms with E-state index in [9.17, 15) is 9.90 Å². The van der Waals surface area contributed by atoms with Gasteiger partial charge >= 0.3 is 0 Å². The van der Waals surface area contributed by atoms with E-state index in [-0.39, 0.29) is 15.8 Å². The van der Waals surface area contributed by atoms with Crippen molar-refractivity contribution >= 4 is 35.3 Å². The largest absolute Gasteiger partial charge is 0.505 e. The van der Waals surface area contributed by atoms with Crippen molar-refractivity contribution in [3.05, 3.63) is 93.5 Å². The van der Waals surface area contributed by atoms with Crippen LogP contribution in [-0.2, 0) is 6.61 Å². The molecule has 0 radical (unpaired) electrons. The van der Waals surface area contributed by atoms with Crippen molar-refractivity contribution in [2.75, 3.05) is 0 Å². The van der Waals surface area contributed by atoms with E-state index in [2.05, 4.69) is 10.5 Å². The van der Waals surface area contributed by atoms with Crippen LogP contribution in [0.5, 0.6) is 11.5 Å². The average molecular weight is 415 g/mol. The number of phenols is 1. The van der Waals surface area contributed by atoms with Gasteiger partial charge in [0.15, 0.2) is 5.75 Å². The fraction of sp³-hybridized carbons (Fsp3) is 0.0476. The molecule has 0 saturated carbocycles. The van der Waals surface area contributed by atoms with E-state index < -0.39 is 5.91 Å². The third-order valence-electron chi connectivity index (χ3n) is 3.79. The first kappa shape index (κ1) is 19.7. The zero-order chi connectivity index (χ0) is 19.9. The number of nitrogens with one attached hydrogen (secondary N) is 1. The Morgan fingerprint density at radius 3 is 2.39 bits per heavy atom. The van der Waals surface area contributed by atoms with Gasteiger partial charge in [-0.05, 0) is 35.4 Å². The van der Waals surface area contributed by atoms with Gasteiger partial charge in [-0.15, -0.1) is 0 Å². The first-order valence-electron chi connectivity index (χ1n) is 8.32. The number of ether oxygens (including phenoxy) is 1. The van der Waals surface area contributed by atoms with Crippen LogP contribution in [0.1, 0.15) is 21.5 Å². The number of amides is 1. The number of halogens is 2. The number of aromatic hydroxyl groups is 1. The van der Waals surface area contributed by atoms with Crippen molar-refractivity contribution in [3.63, 3.8) is 0 Å². The average Bonchev–Trinajstić information content (AvgIpc) is 2.71. The summed E-state index contributed by atoms with van der Waals surface area (Å²) in [7, 11) is 0. The number of rotatable bonds is 6. The van der Waals surface area contributed by atoms with Crippen LogP contribution in [0.3, 0.4) is 0 Å². The molecule has 0 atom stereocenters. The predicted molar refractivity (Wildman–Crippen MR) is 110 cm³/mol. The smallest absolute Gasteiger partial charge is 0.275 e. The lowest BCUT2D eigenvalue weighted by Gasteiger charge is -2.10. The van der Waals surface area contributed by atoms with Gasteiger partial charge in [-0.3, -0.25) is 4.79 Å². The van der Waals surface area contributed by atoms with Crippen LogP contribution < -0.4 is 10.2 Å². The number of benzene rings is 3. The standard InChI is InChI=1S/C21H16Cl2N2O3/c22-17-10-15(11-18(23)20(17)26)12-24-25-21(27)16-8-4-5-9-19(16)28-13-14-6-2-1-3-7-14/h1-12,26H,13H2,(H,25,27)/b24-12-. The summed E-state index contributed by atoms with van der Waals surface area (Å²) in [6.07, 6.45) is 1.38. The Balaban J connectivity index is 1.67. The maximum atomic E-state index is 12.5. The van der Waals surface area contributed by atoms with Gasteiger partial charge in [0.05, 0.1) is 21.8 Å². The molecule has 28 heavy (non-hydrogen) atoms. The Hall–Kier alpha value is -3.02. The van der Waals surface area contributed by atoms with E-state index in [1.54, 1.807) is 24.3 Å². The van der Waals surface area contributed by atoms with Crippen molar-refractivity contribution in [3.8, 4) is 11.5 Å². The molecule has 0 bridgehead atoms. The SMILES string of the molecule is O=C(N/N=C\c1cc(Cl)c(O)c(Cl)c1)c1ccccc1OCc1ccccc1. The van der Waals surface area contributed by atoms with Gasteiger partial charge in [-0.2, -0.15) is 5.10 Å². The van der Waals surface area contributed by atoms with Gasteiger partial charge in [0.2, 0.25) is 0 Å². The van der Waals surface area contributed by atoms with Gasteiger partial charge in [0.25, 0.3) is 5.91 Å². The molecule has 0 saturated heterocycles. The molecule has 0 spiro atoms. The quantitative estimate of drug-likeness (QED) is 0.438. The minimum absolute atomic E-state index is 0.0972. The Kier molecular flexibility index (Phi) is 6.53. The number of hydrazone groups is 1. The molecule has 5 nitrogen and oxygen atoms in total. The molecule has 142 valence electrons. The second-order valence-electron chi connectivity index (χ2n) is 5.80. The number of hydrogen-bond donors (Lipinski definition) is 2. The lowest BCUT2D eigenvalue weighted by Crippen LogP contribution is -2.18. The molecule has 2 N–H and O–H groups in total. The van der Waals surface area contributed by atoms with E-state index in [0.717, 1.165) is 5.56 Å². The highest BCUT2D eigenvalue weighted by molar-refractivity contribution is 6.37. The maximum absolute atomic E-state index is 12.5. The van der Waals surface area contributed by atoms with Crippen molar-refractivity contribution in [2.24, 2.45) is 5.10 Å². The second kappa shape index (κ2) is 9.26. The number of carbonyl (C=O) groups excluding carboxylic acids is 1. The molecule has 0 aliphatic heterocycles. The summed E-state index contributed by atoms with van der Waals surface area (Å²) >= 11 is 11.7. The van der Waals surface area contributed by atoms with Gasteiger partial charge in [0, 0.05) is 0 Å². The van der Waals surface area contributed by atoms with Crippen LogP contribution in [0, 0.1) is 0 Å². The zero-order valence-corrected chi connectivity index (χ0v) is 16.1. The summed E-state index contributed by atoms with van der Waals surface area (Å²) in [4.78, 5) is 12.5. The van der Waals surface area contributed by atoms with Gasteiger partial charge in [-0.25, -0.2) is 5.43 Å². The van der Waals surface area contributed by atoms with Crippen molar-refractivity contribution in [1.29, 1.82) is 0 Å². The topological polar surface area (TPSA) is 70.9 Å². The van der Waals surface area contributed by atoms with Crippen molar-refractivity contribution in [1.82, 2.24) is 5.43 Å². The Labute approximate surface area is 172 Å². The highest BCUT2D eigenvalue weighted by atomic mass is 35.5. The van der Waals surface area contributed by atoms with Gasteiger partial charge in [-0.1, -0.05) is 65.7 Å². The monoisotopic (exact) mass is 414 g/mol. The molecule has 7 heteroatoms. The summed E-state index contributed by atoms with van der Waals surface area (Å²) in [6.45, 7) is 0.346. The number of nitrogens with zero attached hydrogens (tertiary/aromatic N) is 1. The first-order valence-corrected chi connectivity index (χ1v) is 9.07. The number of carbonyl (C=O) groups is 1. The van der Waals surface area contributed by atoms with Crippen molar-refractivity contribution < 1.29 is 14.6 Å². The molecule has 3 aromatic carbocycles. The molecule has 0 fully saturated rings. The first-order chi connectivity index (χ1) is 13.5. The summed E-state index contributed by atoms with van der Waals surface area (Å²) in [5.41, 5.74) is 4.33. The third-order valence-corrected chi connectivity index (χ3v) is 4.36. The summed E-state index contributed by atoms with van der Waals surface area (Å²) in [5, 5.41) is 13.7. The Morgan fingerprint density at radius 2 is 1.68 bits per heavy atom. The maximum Gasteiger partial charge on any atom is 0.275 e. The number of para-hydroxylation sites is 1. The number of hydrogen-bond acceptors (Lipinski definition) is 4. The molecule has 3 aromatic rings. The number of phenolic OH excluding ortho intramolecular Hbond substituents is 1. The van der Waals surface area contributed by atoms with E-state index in [1.807, 2.05) is 30.3 Å². The Bertz CT molecular complexity index is 985. The predicted octanol–water partition coefficient (Wildman–Crippen LogP) is 5.04. The van der Waals surface area contributed by atoms with Crippen LogP contribution >= 0.6 is 23.2 Å². The summed E-state index contributed by atoms with van der Waals surface area (Å²) in [5.74, 6) is -0.167. The molecule has 0 heterocycles. The Morgan fingerprint density at radius 1 is 1.04 bits per heavy atom. The minimum Gasteiger partial charge on any atom is -0.505 e. The third kappa shape index (κ3) is 5.03. The molecule has 0 aromatic heterocycles. The van der Waals surface area contributed by atoms with Crippen LogP contribution in [0.4, 0.5) is 0 Å². The van der Waals surface area contributed by atoms with E-state index >= 15 is 0 Å². The zero-order valence-electron chi connectivity index (χ0n) is 14.6. The van der Waals surface area contributed by atoms with Crippen LogP contribution in [-0.4, -0.2) is 17.2 Å². The molecule has 3 rings (SSSR count). The van der Waals surface area contributed by atoms with Crippen LogP contribution in [0.25, 0.3) is 0 Å². The molecule has 1 amide bonds. The molecular formula is C21H16Cl2N2O3. The highest BCUT2D eigenvalue weighted by Gasteiger charge is 2.12. The molecule has 0 unspecified atom stereocenters. The van der Waals surface area contributed by atoms with Crippen LogP contribution in [0.2, 0.25) is 10.0 Å². The van der Waals surface area contributed by atoms with Gasteiger partial charge in [0.1, 0.15) is 12.4 Å². The van der Waals surface area contributed by atoms with E-state index in [1.165, 1.54) is 18.3 Å². The molecular weight excluding hydrogens is 399 g/mol. The second-order valence-corrected chi connectivity index (χ2v) is 6.62. The lowest BCUT2D eigenvalue weighted by molar-refractivity contribution is 0.0950.